The molecule has 0 spiro atoms. The number of carbonyl (C=O) groups excluding carboxylic acids is 2. The Morgan fingerprint density at radius 2 is 1.56 bits per heavy atom. The summed E-state index contributed by atoms with van der Waals surface area (Å²) in [6, 6.07) is 6.73. The summed E-state index contributed by atoms with van der Waals surface area (Å²) in [5.41, 5.74) is 2.84. The number of benzene rings is 2. The van der Waals surface area contributed by atoms with Gasteiger partial charge in [0.25, 0.3) is 0 Å². The van der Waals surface area contributed by atoms with E-state index in [4.69, 9.17) is 24.2 Å². The number of aromatic nitrogens is 2. The molecule has 350 valence electrons. The molecule has 1 N–H and O–H groups in total. The Hall–Kier alpha value is -4.26. The molecule has 5 atom stereocenters. The van der Waals surface area contributed by atoms with Crippen LogP contribution in [0, 0.1) is 5.82 Å². The number of phenolic OH excluding ortho intramolecular Hbond substituents is 1. The van der Waals surface area contributed by atoms with Crippen LogP contribution in [0.15, 0.2) is 24.3 Å². The fraction of sp³-hybridized carbons (Fsp3) is 0.686. The van der Waals surface area contributed by atoms with Gasteiger partial charge >= 0.3 is 18.1 Å². The summed E-state index contributed by atoms with van der Waals surface area (Å²) in [6.07, 6.45) is 21.2. The summed E-state index contributed by atoms with van der Waals surface area (Å²) < 4.78 is 49.1. The van der Waals surface area contributed by atoms with Crippen LogP contribution in [0.4, 0.5) is 19.4 Å². The molecule has 8 rings (SSSR count). The zero-order valence-electron chi connectivity index (χ0n) is 38.4. The lowest BCUT2D eigenvalue weighted by Crippen LogP contribution is -2.56. The summed E-state index contributed by atoms with van der Waals surface area (Å²) in [5.74, 6) is 0.0132. The first-order valence-corrected chi connectivity index (χ1v) is 24.9. The van der Waals surface area contributed by atoms with Crippen molar-refractivity contribution in [1.82, 2.24) is 19.8 Å². The third-order valence-corrected chi connectivity index (χ3v) is 15.1. The van der Waals surface area contributed by atoms with Crippen LogP contribution in [0.3, 0.4) is 0 Å². The van der Waals surface area contributed by atoms with Gasteiger partial charge in [0.2, 0.25) is 6.79 Å². The number of aromatic hydroxyl groups is 1. The molecule has 4 fully saturated rings. The summed E-state index contributed by atoms with van der Waals surface area (Å²) in [5, 5.41) is 11.3. The summed E-state index contributed by atoms with van der Waals surface area (Å²) in [7, 11) is 0. The van der Waals surface area contributed by atoms with E-state index in [9.17, 15) is 19.1 Å². The molecular weight excluding hydrogens is 817 g/mol. The molecular formula is C51H71F2N5O6. The SMILES string of the molecule is CCCCCCCCCCCCCCCC(=O)OCOC(=O)N1C2CCC1CN(c1nc(OC[C@@]34CCCN3C[C@H](F)C4)nc3c(F)c(-c4cc(O)cc5c4C(CC)CC5)ccc13)C2. The van der Waals surface area contributed by atoms with Gasteiger partial charge in [0.15, 0.2) is 5.82 Å². The Labute approximate surface area is 378 Å². The van der Waals surface area contributed by atoms with Crippen molar-refractivity contribution in [3.05, 3.63) is 41.2 Å². The van der Waals surface area contributed by atoms with Gasteiger partial charge in [-0.2, -0.15) is 9.97 Å². The van der Waals surface area contributed by atoms with Gasteiger partial charge in [-0.15, -0.1) is 0 Å². The lowest BCUT2D eigenvalue weighted by atomic mass is 9.89. The number of rotatable bonds is 22. The van der Waals surface area contributed by atoms with Crippen LogP contribution in [0.25, 0.3) is 22.0 Å². The molecule has 3 unspecified atom stereocenters. The normalized spacial score (nSPS) is 23.8. The Kier molecular flexibility index (Phi) is 15.4. The van der Waals surface area contributed by atoms with Gasteiger partial charge in [-0.1, -0.05) is 97.0 Å². The molecule has 4 saturated heterocycles. The molecule has 5 heterocycles. The van der Waals surface area contributed by atoms with Crippen molar-refractivity contribution >= 4 is 28.8 Å². The van der Waals surface area contributed by atoms with Gasteiger partial charge < -0.3 is 24.2 Å². The largest absolute Gasteiger partial charge is 0.508 e. The maximum atomic E-state index is 17.2. The van der Waals surface area contributed by atoms with Crippen LogP contribution in [0.1, 0.15) is 166 Å². The van der Waals surface area contributed by atoms with Crippen LogP contribution in [0.5, 0.6) is 11.8 Å². The standard InChI is InChI=1S/C51H71F2N5O6/c1-3-5-6-7-8-9-10-11-12-13-14-15-16-18-44(60)63-34-64-50(61)58-38-21-22-39(58)32-56(31-38)48-42-24-23-41(43-28-40(59)27-36-20-19-35(4-2)45(36)43)46(53)47(42)54-49(55-48)62-33-51-25-17-26-57(51)30-37(52)29-51/h23-24,27-28,35,37-39,59H,3-22,25-26,29-34H2,1-2H3/t35?,37-,38?,39?,51+/m1/s1. The zero-order chi connectivity index (χ0) is 44.6. The second kappa shape index (κ2) is 21.4. The minimum Gasteiger partial charge on any atom is -0.508 e. The molecule has 0 saturated carbocycles. The van der Waals surface area contributed by atoms with Gasteiger partial charge in [0.1, 0.15) is 29.9 Å². The highest BCUT2D eigenvalue weighted by Gasteiger charge is 2.50. The van der Waals surface area contributed by atoms with Gasteiger partial charge in [-0.3, -0.25) is 14.6 Å². The quantitative estimate of drug-likeness (QED) is 0.0593. The van der Waals surface area contributed by atoms with Crippen molar-refractivity contribution in [3.63, 3.8) is 0 Å². The number of unbranched alkanes of at least 4 members (excludes halogenated alkanes) is 12. The molecule has 3 aromatic rings. The number of carbonyl (C=O) groups is 2. The van der Waals surface area contributed by atoms with Crippen LogP contribution in [-0.4, -0.2) is 100 Å². The lowest BCUT2D eigenvalue weighted by Gasteiger charge is -2.41. The Morgan fingerprint density at radius 3 is 2.27 bits per heavy atom. The predicted molar refractivity (Wildman–Crippen MR) is 245 cm³/mol. The van der Waals surface area contributed by atoms with Crippen molar-refractivity contribution in [2.45, 2.75) is 185 Å². The van der Waals surface area contributed by atoms with Gasteiger partial charge in [0, 0.05) is 43.4 Å². The number of nitrogens with zero attached hydrogens (tertiary/aromatic N) is 5. The number of phenols is 1. The van der Waals surface area contributed by atoms with Gasteiger partial charge in [-0.05, 0) is 98.7 Å². The van der Waals surface area contributed by atoms with E-state index in [2.05, 4.69) is 23.6 Å². The lowest BCUT2D eigenvalue weighted by molar-refractivity contribution is -0.152. The molecule has 1 amide bonds. The van der Waals surface area contributed by atoms with Crippen molar-refractivity contribution < 1.29 is 37.7 Å². The number of alkyl halides is 1. The molecule has 5 aliphatic rings. The first-order chi connectivity index (χ1) is 31.2. The fourth-order valence-corrected chi connectivity index (χ4v) is 11.7. The molecule has 1 aromatic heterocycles. The second-order valence-electron chi connectivity index (χ2n) is 19.5. The van der Waals surface area contributed by atoms with Gasteiger partial charge in [0.05, 0.1) is 17.6 Å². The smallest absolute Gasteiger partial charge is 0.413 e. The molecule has 13 heteroatoms. The van der Waals surface area contributed by atoms with Crippen LogP contribution >= 0.6 is 0 Å². The highest BCUT2D eigenvalue weighted by molar-refractivity contribution is 5.94. The molecule has 2 aromatic carbocycles. The van der Waals surface area contributed by atoms with E-state index in [1.807, 2.05) is 6.07 Å². The maximum Gasteiger partial charge on any atom is 0.413 e. The Balaban J connectivity index is 0.897. The first-order valence-electron chi connectivity index (χ1n) is 24.9. The van der Waals surface area contributed by atoms with E-state index in [0.717, 1.165) is 81.9 Å². The molecule has 1 aliphatic carbocycles. The van der Waals surface area contributed by atoms with E-state index in [1.165, 1.54) is 64.2 Å². The number of piperazine rings is 1. The molecule has 0 radical (unpaired) electrons. The molecule has 11 nitrogen and oxygen atoms in total. The molecule has 64 heavy (non-hydrogen) atoms. The summed E-state index contributed by atoms with van der Waals surface area (Å²) >= 11 is 0. The van der Waals surface area contributed by atoms with Crippen LogP contribution < -0.4 is 9.64 Å². The molecule has 4 aliphatic heterocycles. The van der Waals surface area contributed by atoms with Crippen LogP contribution in [0.2, 0.25) is 0 Å². The Bertz CT molecular complexity index is 2070. The maximum absolute atomic E-state index is 17.2. The molecule has 2 bridgehead atoms. The fourth-order valence-electron chi connectivity index (χ4n) is 11.7. The number of hydrogen-bond acceptors (Lipinski definition) is 10. The minimum atomic E-state index is -0.924. The first kappa shape index (κ1) is 46.3. The number of fused-ring (bicyclic) bond motifs is 5. The predicted octanol–water partition coefficient (Wildman–Crippen LogP) is 11.3. The average Bonchev–Trinajstić information content (AvgIpc) is 4.03. The van der Waals surface area contributed by atoms with E-state index >= 15 is 4.39 Å². The highest BCUT2D eigenvalue weighted by Crippen LogP contribution is 2.46. The minimum absolute atomic E-state index is 0.0319. The van der Waals surface area contributed by atoms with E-state index in [1.54, 1.807) is 23.1 Å². The third-order valence-electron chi connectivity index (χ3n) is 15.1. The van der Waals surface area contributed by atoms with E-state index in [-0.39, 0.29) is 47.9 Å². The Morgan fingerprint density at radius 1 is 0.859 bits per heavy atom. The average molecular weight is 888 g/mol. The number of amides is 1. The van der Waals surface area contributed by atoms with Crippen LogP contribution in [-0.2, 0) is 20.7 Å². The van der Waals surface area contributed by atoms with Crippen molar-refractivity contribution in [1.29, 1.82) is 0 Å². The van der Waals surface area contributed by atoms with Gasteiger partial charge in [-0.25, -0.2) is 13.6 Å². The number of esters is 1. The van der Waals surface area contributed by atoms with E-state index < -0.39 is 30.4 Å². The van der Waals surface area contributed by atoms with Crippen molar-refractivity contribution in [3.8, 4) is 22.9 Å². The number of aryl methyl sites for hydroxylation is 1. The number of anilines is 1. The summed E-state index contributed by atoms with van der Waals surface area (Å²) in [4.78, 5) is 41.6. The van der Waals surface area contributed by atoms with Crippen molar-refractivity contribution in [2.24, 2.45) is 0 Å². The van der Waals surface area contributed by atoms with Crippen molar-refractivity contribution in [2.75, 3.05) is 44.5 Å². The topological polar surface area (TPSA) is 118 Å². The second-order valence-corrected chi connectivity index (χ2v) is 19.5. The zero-order valence-corrected chi connectivity index (χ0v) is 38.4. The number of halogens is 2. The third kappa shape index (κ3) is 10.4. The number of ether oxygens (including phenoxy) is 3. The highest BCUT2D eigenvalue weighted by atomic mass is 19.1. The summed E-state index contributed by atoms with van der Waals surface area (Å²) in [6.45, 7) is 6.23. The van der Waals surface area contributed by atoms with E-state index in [0.29, 0.717) is 54.8 Å². The number of hydrogen-bond donors (Lipinski definition) is 1. The monoisotopic (exact) mass is 888 g/mol.